The van der Waals surface area contributed by atoms with Gasteiger partial charge in [-0.1, -0.05) is 11.6 Å². The number of rotatable bonds is 6. The number of allylic oxidation sites excluding steroid dienone is 1. The van der Waals surface area contributed by atoms with E-state index in [1.807, 2.05) is 12.1 Å². The van der Waals surface area contributed by atoms with Crippen molar-refractivity contribution in [2.75, 3.05) is 26.2 Å². The van der Waals surface area contributed by atoms with Gasteiger partial charge in [-0.3, -0.25) is 4.90 Å². The normalized spacial score (nSPS) is 17.6. The molecular formula is C16H26N2O. The van der Waals surface area contributed by atoms with E-state index in [1.54, 1.807) is 6.26 Å². The number of hydrogen-bond donors (Lipinski definition) is 1. The van der Waals surface area contributed by atoms with Crippen LogP contribution >= 0.6 is 0 Å². The van der Waals surface area contributed by atoms with Crippen molar-refractivity contribution in [2.24, 2.45) is 0 Å². The summed E-state index contributed by atoms with van der Waals surface area (Å²) in [5.41, 5.74) is 1.42. The van der Waals surface area contributed by atoms with Gasteiger partial charge in [-0.15, -0.1) is 0 Å². The Morgan fingerprint density at radius 1 is 1.42 bits per heavy atom. The molecular weight excluding hydrogens is 236 g/mol. The van der Waals surface area contributed by atoms with E-state index in [-0.39, 0.29) is 0 Å². The van der Waals surface area contributed by atoms with Crippen LogP contribution in [0.4, 0.5) is 0 Å². The fourth-order valence-corrected chi connectivity index (χ4v) is 2.49. The minimum Gasteiger partial charge on any atom is -0.469 e. The van der Waals surface area contributed by atoms with Crippen LogP contribution < -0.4 is 5.32 Å². The predicted octanol–water partition coefficient (Wildman–Crippen LogP) is 2.84. The number of nitrogens with one attached hydrogen (secondary N) is 1. The average molecular weight is 262 g/mol. The molecule has 0 amide bonds. The van der Waals surface area contributed by atoms with Gasteiger partial charge >= 0.3 is 0 Å². The van der Waals surface area contributed by atoms with Gasteiger partial charge in [0.15, 0.2) is 0 Å². The van der Waals surface area contributed by atoms with Gasteiger partial charge in [0.2, 0.25) is 0 Å². The SMILES string of the molecule is CC(C)=CCN1CCC(NCCc2ccco2)CC1. The molecule has 1 aliphatic rings. The lowest BCUT2D eigenvalue weighted by atomic mass is 10.0. The van der Waals surface area contributed by atoms with Crippen molar-refractivity contribution >= 4 is 0 Å². The second kappa shape index (κ2) is 7.51. The topological polar surface area (TPSA) is 28.4 Å². The van der Waals surface area contributed by atoms with Crippen LogP contribution in [-0.4, -0.2) is 37.1 Å². The Morgan fingerprint density at radius 2 is 2.21 bits per heavy atom. The molecule has 0 spiro atoms. The summed E-state index contributed by atoms with van der Waals surface area (Å²) in [5.74, 6) is 1.08. The van der Waals surface area contributed by atoms with Crippen molar-refractivity contribution in [1.82, 2.24) is 10.2 Å². The number of piperidine rings is 1. The Balaban J connectivity index is 1.59. The van der Waals surface area contributed by atoms with Crippen LogP contribution in [0.15, 0.2) is 34.5 Å². The molecule has 0 unspecified atom stereocenters. The van der Waals surface area contributed by atoms with Gasteiger partial charge in [0.1, 0.15) is 5.76 Å². The molecule has 1 aromatic rings. The molecule has 1 saturated heterocycles. The lowest BCUT2D eigenvalue weighted by Gasteiger charge is -2.31. The Hall–Kier alpha value is -1.06. The highest BCUT2D eigenvalue weighted by Crippen LogP contribution is 2.11. The number of nitrogens with zero attached hydrogens (tertiary/aromatic N) is 1. The first-order valence-corrected chi connectivity index (χ1v) is 7.35. The van der Waals surface area contributed by atoms with Crippen molar-refractivity contribution in [1.29, 1.82) is 0 Å². The predicted molar refractivity (Wildman–Crippen MR) is 79.3 cm³/mol. The lowest BCUT2D eigenvalue weighted by Crippen LogP contribution is -2.43. The van der Waals surface area contributed by atoms with Gasteiger partial charge in [-0.2, -0.15) is 0 Å². The molecule has 1 aliphatic heterocycles. The van der Waals surface area contributed by atoms with Crippen LogP contribution in [0, 0.1) is 0 Å². The fraction of sp³-hybridized carbons (Fsp3) is 0.625. The third-order valence-electron chi connectivity index (χ3n) is 3.73. The van der Waals surface area contributed by atoms with Crippen molar-refractivity contribution in [3.63, 3.8) is 0 Å². The van der Waals surface area contributed by atoms with Crippen LogP contribution in [0.3, 0.4) is 0 Å². The van der Waals surface area contributed by atoms with Gasteiger partial charge in [0.25, 0.3) is 0 Å². The van der Waals surface area contributed by atoms with Crippen LogP contribution in [0.2, 0.25) is 0 Å². The maximum atomic E-state index is 5.34. The molecule has 0 aromatic carbocycles. The third kappa shape index (κ3) is 5.21. The molecule has 2 rings (SSSR count). The molecule has 1 N–H and O–H groups in total. The van der Waals surface area contributed by atoms with Gasteiger partial charge in [0, 0.05) is 25.6 Å². The largest absolute Gasteiger partial charge is 0.469 e. The van der Waals surface area contributed by atoms with Crippen LogP contribution in [-0.2, 0) is 6.42 Å². The Labute approximate surface area is 116 Å². The van der Waals surface area contributed by atoms with Crippen molar-refractivity contribution in [3.05, 3.63) is 35.8 Å². The Kier molecular flexibility index (Phi) is 5.67. The van der Waals surface area contributed by atoms with Crippen molar-refractivity contribution < 1.29 is 4.42 Å². The first kappa shape index (κ1) is 14.4. The van der Waals surface area contributed by atoms with E-state index in [1.165, 1.54) is 31.5 Å². The fourth-order valence-electron chi connectivity index (χ4n) is 2.49. The van der Waals surface area contributed by atoms with E-state index in [4.69, 9.17) is 4.42 Å². The summed E-state index contributed by atoms with van der Waals surface area (Å²) in [6.07, 6.45) is 7.58. The minimum absolute atomic E-state index is 0.679. The second-order valence-electron chi connectivity index (χ2n) is 5.64. The van der Waals surface area contributed by atoms with E-state index >= 15 is 0 Å². The van der Waals surface area contributed by atoms with Crippen molar-refractivity contribution in [3.8, 4) is 0 Å². The minimum atomic E-state index is 0.679. The lowest BCUT2D eigenvalue weighted by molar-refractivity contribution is 0.215. The van der Waals surface area contributed by atoms with E-state index < -0.39 is 0 Å². The van der Waals surface area contributed by atoms with Gasteiger partial charge < -0.3 is 9.73 Å². The number of hydrogen-bond acceptors (Lipinski definition) is 3. The summed E-state index contributed by atoms with van der Waals surface area (Å²) in [6, 6.07) is 4.68. The smallest absolute Gasteiger partial charge is 0.105 e. The molecule has 0 bridgehead atoms. The third-order valence-corrected chi connectivity index (χ3v) is 3.73. The summed E-state index contributed by atoms with van der Waals surface area (Å²) < 4.78 is 5.34. The molecule has 106 valence electrons. The Bertz CT molecular complexity index is 371. The highest BCUT2D eigenvalue weighted by Gasteiger charge is 2.17. The molecule has 19 heavy (non-hydrogen) atoms. The average Bonchev–Trinajstić information content (AvgIpc) is 2.91. The zero-order valence-electron chi connectivity index (χ0n) is 12.2. The van der Waals surface area contributed by atoms with Crippen LogP contribution in [0.25, 0.3) is 0 Å². The molecule has 1 aromatic heterocycles. The zero-order chi connectivity index (χ0) is 13.5. The summed E-state index contributed by atoms with van der Waals surface area (Å²) in [7, 11) is 0. The summed E-state index contributed by atoms with van der Waals surface area (Å²) >= 11 is 0. The molecule has 0 aliphatic carbocycles. The molecule has 0 radical (unpaired) electrons. The summed E-state index contributed by atoms with van der Waals surface area (Å²) in [5, 5.41) is 3.64. The van der Waals surface area contributed by atoms with Gasteiger partial charge in [-0.05, 0) is 51.9 Å². The number of furan rings is 1. The summed E-state index contributed by atoms with van der Waals surface area (Å²) in [4.78, 5) is 2.54. The maximum Gasteiger partial charge on any atom is 0.105 e. The monoisotopic (exact) mass is 262 g/mol. The van der Waals surface area contributed by atoms with E-state index in [0.717, 1.165) is 25.3 Å². The molecule has 3 heteroatoms. The van der Waals surface area contributed by atoms with Gasteiger partial charge in [-0.25, -0.2) is 0 Å². The van der Waals surface area contributed by atoms with E-state index in [0.29, 0.717) is 6.04 Å². The second-order valence-corrected chi connectivity index (χ2v) is 5.64. The molecule has 0 saturated carbocycles. The highest BCUT2D eigenvalue weighted by molar-refractivity contribution is 4.99. The quantitative estimate of drug-likeness (QED) is 0.799. The molecule has 1 fully saturated rings. The first-order valence-electron chi connectivity index (χ1n) is 7.35. The molecule has 0 atom stereocenters. The van der Waals surface area contributed by atoms with Crippen LogP contribution in [0.5, 0.6) is 0 Å². The van der Waals surface area contributed by atoms with Gasteiger partial charge in [0.05, 0.1) is 6.26 Å². The standard InChI is InChI=1S/C16H26N2O/c1-14(2)6-10-18-11-7-15(8-12-18)17-9-5-16-4-3-13-19-16/h3-4,6,13,15,17H,5,7-12H2,1-2H3. The van der Waals surface area contributed by atoms with E-state index in [2.05, 4.69) is 30.1 Å². The maximum absolute atomic E-state index is 5.34. The number of likely N-dealkylation sites (tertiary alicyclic amines) is 1. The molecule has 2 heterocycles. The highest BCUT2D eigenvalue weighted by atomic mass is 16.3. The zero-order valence-corrected chi connectivity index (χ0v) is 12.2. The van der Waals surface area contributed by atoms with Crippen molar-refractivity contribution in [2.45, 2.75) is 39.2 Å². The van der Waals surface area contributed by atoms with Crippen LogP contribution in [0.1, 0.15) is 32.4 Å². The molecule has 3 nitrogen and oxygen atoms in total. The summed E-state index contributed by atoms with van der Waals surface area (Å²) in [6.45, 7) is 8.89. The first-order chi connectivity index (χ1) is 9.24. The van der Waals surface area contributed by atoms with E-state index in [9.17, 15) is 0 Å². The Morgan fingerprint density at radius 3 is 2.84 bits per heavy atom.